The van der Waals surface area contributed by atoms with Crippen molar-refractivity contribution in [3.05, 3.63) is 48.2 Å². The van der Waals surface area contributed by atoms with E-state index in [9.17, 15) is 4.79 Å². The molecule has 1 amide bonds. The van der Waals surface area contributed by atoms with Gasteiger partial charge in [0.05, 0.1) is 12.2 Å². The zero-order valence-corrected chi connectivity index (χ0v) is 14.0. The Morgan fingerprint density at radius 2 is 2.04 bits per heavy atom. The number of nitrogens with zero attached hydrogens (tertiary/aromatic N) is 3. The Morgan fingerprint density at radius 3 is 2.71 bits per heavy atom. The van der Waals surface area contributed by atoms with E-state index in [1.807, 2.05) is 36.4 Å². The summed E-state index contributed by atoms with van der Waals surface area (Å²) in [4.78, 5) is 14.4. The molecule has 0 saturated carbocycles. The van der Waals surface area contributed by atoms with Crippen molar-refractivity contribution in [3.63, 3.8) is 0 Å². The number of ether oxygens (including phenoxy) is 1. The molecule has 0 spiro atoms. The van der Waals surface area contributed by atoms with Crippen LogP contribution in [0.2, 0.25) is 0 Å². The van der Waals surface area contributed by atoms with Gasteiger partial charge in [0.15, 0.2) is 11.5 Å². The fourth-order valence-electron chi connectivity index (χ4n) is 2.67. The minimum Gasteiger partial charge on any atom is -0.372 e. The second kappa shape index (κ2) is 6.97. The van der Waals surface area contributed by atoms with Crippen LogP contribution in [0, 0.1) is 0 Å². The van der Waals surface area contributed by atoms with Gasteiger partial charge < -0.3 is 15.0 Å². The number of anilines is 2. The van der Waals surface area contributed by atoms with Crippen molar-refractivity contribution in [2.45, 2.75) is 25.9 Å². The van der Waals surface area contributed by atoms with E-state index in [0.717, 1.165) is 31.0 Å². The van der Waals surface area contributed by atoms with Crippen molar-refractivity contribution in [2.24, 2.45) is 0 Å². The molecule has 1 N–H and O–H groups in total. The number of nitrogens with one attached hydrogen (secondary N) is 1. The standard InChI is InChI=1S/C18H22N4O2/c1-3-18(2)13-22(11-12-24-18)16-10-9-15(20-21-16)17(23)19-14-7-5-4-6-8-14/h4-10H,3,11-13H2,1-2H3,(H,19,23). The summed E-state index contributed by atoms with van der Waals surface area (Å²) in [5.41, 5.74) is 0.873. The number of morpholine rings is 1. The number of para-hydroxylation sites is 1. The van der Waals surface area contributed by atoms with Crippen LogP contribution in [-0.2, 0) is 4.74 Å². The van der Waals surface area contributed by atoms with Crippen LogP contribution in [0.3, 0.4) is 0 Å². The molecule has 24 heavy (non-hydrogen) atoms. The lowest BCUT2D eigenvalue weighted by atomic mass is 10.0. The molecule has 1 aliphatic rings. The number of hydrogen-bond donors (Lipinski definition) is 1. The Kier molecular flexibility index (Phi) is 4.76. The smallest absolute Gasteiger partial charge is 0.276 e. The van der Waals surface area contributed by atoms with Gasteiger partial charge in [-0.1, -0.05) is 25.1 Å². The third kappa shape index (κ3) is 3.71. The average Bonchev–Trinajstić information content (AvgIpc) is 2.63. The van der Waals surface area contributed by atoms with Gasteiger partial charge >= 0.3 is 0 Å². The molecule has 1 aromatic heterocycles. The maximum Gasteiger partial charge on any atom is 0.276 e. The van der Waals surface area contributed by atoms with Gasteiger partial charge in [0.1, 0.15) is 0 Å². The van der Waals surface area contributed by atoms with Gasteiger partial charge in [0.2, 0.25) is 0 Å². The van der Waals surface area contributed by atoms with Crippen LogP contribution in [0.5, 0.6) is 0 Å². The molecule has 0 radical (unpaired) electrons. The van der Waals surface area contributed by atoms with Gasteiger partial charge in [-0.25, -0.2) is 0 Å². The van der Waals surface area contributed by atoms with Gasteiger partial charge in [-0.2, -0.15) is 0 Å². The molecule has 1 atom stereocenters. The van der Waals surface area contributed by atoms with Crippen LogP contribution in [0.25, 0.3) is 0 Å². The lowest BCUT2D eigenvalue weighted by Crippen LogP contribution is -2.50. The first-order chi connectivity index (χ1) is 11.6. The Balaban J connectivity index is 1.68. The first-order valence-corrected chi connectivity index (χ1v) is 8.19. The van der Waals surface area contributed by atoms with Crippen LogP contribution < -0.4 is 10.2 Å². The second-order valence-corrected chi connectivity index (χ2v) is 6.17. The van der Waals surface area contributed by atoms with Crippen molar-refractivity contribution < 1.29 is 9.53 Å². The Bertz CT molecular complexity index is 690. The topological polar surface area (TPSA) is 67.4 Å². The minimum absolute atomic E-state index is 0.163. The van der Waals surface area contributed by atoms with E-state index in [1.165, 1.54) is 0 Å². The van der Waals surface area contributed by atoms with Crippen LogP contribution in [-0.4, -0.2) is 41.4 Å². The summed E-state index contributed by atoms with van der Waals surface area (Å²) in [5, 5.41) is 11.1. The first-order valence-electron chi connectivity index (χ1n) is 8.19. The summed E-state index contributed by atoms with van der Waals surface area (Å²) in [6, 6.07) is 12.9. The highest BCUT2D eigenvalue weighted by atomic mass is 16.5. The lowest BCUT2D eigenvalue weighted by molar-refractivity contribution is -0.0443. The zero-order chi connectivity index (χ0) is 17.0. The van der Waals surface area contributed by atoms with E-state index in [-0.39, 0.29) is 11.5 Å². The Morgan fingerprint density at radius 1 is 1.25 bits per heavy atom. The molecule has 6 heteroatoms. The summed E-state index contributed by atoms with van der Waals surface area (Å²) in [7, 11) is 0. The molecule has 0 aliphatic carbocycles. The van der Waals surface area contributed by atoms with Gasteiger partial charge in [-0.3, -0.25) is 4.79 Å². The maximum absolute atomic E-state index is 12.2. The summed E-state index contributed by atoms with van der Waals surface area (Å²) < 4.78 is 5.84. The molecule has 1 fully saturated rings. The van der Waals surface area contributed by atoms with Crippen LogP contribution in [0.15, 0.2) is 42.5 Å². The largest absolute Gasteiger partial charge is 0.372 e. The fraction of sp³-hybridized carbons (Fsp3) is 0.389. The molecule has 1 aliphatic heterocycles. The SMILES string of the molecule is CCC1(C)CN(c2ccc(C(=O)Nc3ccccc3)nn2)CCO1. The molecule has 0 bridgehead atoms. The van der Waals surface area contributed by atoms with Crippen molar-refractivity contribution in [1.82, 2.24) is 10.2 Å². The number of benzene rings is 1. The van der Waals surface area contributed by atoms with Gasteiger partial charge in [0.25, 0.3) is 5.91 Å². The molecular formula is C18H22N4O2. The van der Waals surface area contributed by atoms with Crippen molar-refractivity contribution in [2.75, 3.05) is 29.9 Å². The van der Waals surface area contributed by atoms with E-state index in [2.05, 4.69) is 34.3 Å². The highest BCUT2D eigenvalue weighted by Crippen LogP contribution is 2.24. The van der Waals surface area contributed by atoms with Gasteiger partial charge in [0, 0.05) is 18.8 Å². The normalized spacial score (nSPS) is 20.7. The average molecular weight is 326 g/mol. The summed E-state index contributed by atoms with van der Waals surface area (Å²) in [6.45, 7) is 6.44. The van der Waals surface area contributed by atoms with Crippen LogP contribution >= 0.6 is 0 Å². The third-order valence-corrected chi connectivity index (χ3v) is 4.32. The maximum atomic E-state index is 12.2. The number of carbonyl (C=O) groups excluding carboxylic acids is 1. The van der Waals surface area contributed by atoms with E-state index >= 15 is 0 Å². The monoisotopic (exact) mass is 326 g/mol. The molecule has 126 valence electrons. The van der Waals surface area contributed by atoms with Crippen LogP contribution in [0.4, 0.5) is 11.5 Å². The fourth-order valence-corrected chi connectivity index (χ4v) is 2.67. The van der Waals surface area contributed by atoms with Crippen molar-refractivity contribution >= 4 is 17.4 Å². The summed E-state index contributed by atoms with van der Waals surface area (Å²) in [5.74, 6) is 0.509. The van der Waals surface area contributed by atoms with Gasteiger partial charge in [-0.15, -0.1) is 10.2 Å². The molecule has 2 heterocycles. The molecular weight excluding hydrogens is 304 g/mol. The molecule has 3 rings (SSSR count). The van der Waals surface area contributed by atoms with E-state index in [0.29, 0.717) is 12.3 Å². The molecule has 1 unspecified atom stereocenters. The molecule has 2 aromatic rings. The number of amides is 1. The minimum atomic E-state index is -0.263. The van der Waals surface area contributed by atoms with Crippen molar-refractivity contribution in [3.8, 4) is 0 Å². The molecule has 6 nitrogen and oxygen atoms in total. The molecule has 1 saturated heterocycles. The Labute approximate surface area is 141 Å². The van der Waals surface area contributed by atoms with Crippen molar-refractivity contribution in [1.29, 1.82) is 0 Å². The van der Waals surface area contributed by atoms with Crippen LogP contribution in [0.1, 0.15) is 30.8 Å². The van der Waals surface area contributed by atoms with E-state index < -0.39 is 0 Å². The quantitative estimate of drug-likeness (QED) is 0.936. The molecule has 1 aromatic carbocycles. The zero-order valence-electron chi connectivity index (χ0n) is 14.0. The van der Waals surface area contributed by atoms with E-state index in [4.69, 9.17) is 4.74 Å². The first kappa shape index (κ1) is 16.4. The highest BCUT2D eigenvalue weighted by molar-refractivity contribution is 6.02. The predicted octanol–water partition coefficient (Wildman–Crippen LogP) is 2.73. The predicted molar refractivity (Wildman–Crippen MR) is 93.3 cm³/mol. The Hall–Kier alpha value is -2.47. The number of hydrogen-bond acceptors (Lipinski definition) is 5. The lowest BCUT2D eigenvalue weighted by Gasteiger charge is -2.40. The third-order valence-electron chi connectivity index (χ3n) is 4.32. The van der Waals surface area contributed by atoms with Gasteiger partial charge in [-0.05, 0) is 37.6 Å². The number of carbonyl (C=O) groups is 1. The number of aromatic nitrogens is 2. The second-order valence-electron chi connectivity index (χ2n) is 6.17. The number of rotatable bonds is 4. The highest BCUT2D eigenvalue weighted by Gasteiger charge is 2.31. The van der Waals surface area contributed by atoms with E-state index in [1.54, 1.807) is 6.07 Å². The summed E-state index contributed by atoms with van der Waals surface area (Å²) >= 11 is 0. The summed E-state index contributed by atoms with van der Waals surface area (Å²) in [6.07, 6.45) is 0.939.